The number of benzene rings is 1. The van der Waals surface area contributed by atoms with E-state index in [0.717, 1.165) is 29.4 Å². The van der Waals surface area contributed by atoms with Gasteiger partial charge in [-0.2, -0.15) is 0 Å². The van der Waals surface area contributed by atoms with E-state index in [1.54, 1.807) is 19.1 Å². The quantitative estimate of drug-likeness (QED) is 0.181. The molecule has 3 aliphatic rings. The van der Waals surface area contributed by atoms with Crippen LogP contribution in [0, 0.1) is 29.6 Å². The zero-order chi connectivity index (χ0) is 24.5. The van der Waals surface area contributed by atoms with Crippen molar-refractivity contribution in [2.45, 2.75) is 99.4 Å². The highest BCUT2D eigenvalue weighted by molar-refractivity contribution is 5.88. The summed E-state index contributed by atoms with van der Waals surface area (Å²) in [7, 11) is 0. The predicted octanol–water partition coefficient (Wildman–Crippen LogP) is 7.81. The van der Waals surface area contributed by atoms with Gasteiger partial charge in [-0.3, -0.25) is 0 Å². The summed E-state index contributed by atoms with van der Waals surface area (Å²) < 4.78 is 17.9. The van der Waals surface area contributed by atoms with E-state index in [9.17, 15) is 4.79 Å². The molecule has 0 spiro atoms. The van der Waals surface area contributed by atoms with Crippen LogP contribution in [0.5, 0.6) is 11.5 Å². The molecule has 0 N–H and O–H groups in total. The number of carbonyl (C=O) groups is 1. The molecule has 2 bridgehead atoms. The number of hydrogen-bond acceptors (Lipinski definition) is 4. The standard InChI is InChI=1S/C24H32O4.C3H8.C2H6/c1-14(2)23(25)26-17-8-10-18(11-9-17)27-24(15(3)4)28-22-13-16-12-21(22)20-7-5-6-19(16)20;1-3-2;1-2/h8-11,15-16,19-22,24H,1,5-7,12-13H2,2-4H3;3H2,1-2H3;1-2H3. The van der Waals surface area contributed by atoms with Gasteiger partial charge in [-0.05, 0) is 80.5 Å². The van der Waals surface area contributed by atoms with Crippen LogP contribution in [0.3, 0.4) is 0 Å². The maximum Gasteiger partial charge on any atom is 0.338 e. The molecule has 1 aromatic carbocycles. The molecule has 0 amide bonds. The lowest BCUT2D eigenvalue weighted by Crippen LogP contribution is -2.37. The Hall–Kier alpha value is -1.81. The van der Waals surface area contributed by atoms with Crippen LogP contribution in [0.1, 0.15) is 87.0 Å². The van der Waals surface area contributed by atoms with E-state index in [-0.39, 0.29) is 12.2 Å². The fourth-order valence-corrected chi connectivity index (χ4v) is 5.57. The van der Waals surface area contributed by atoms with Crippen LogP contribution in [-0.4, -0.2) is 18.4 Å². The molecule has 3 fully saturated rings. The zero-order valence-corrected chi connectivity index (χ0v) is 21.9. The van der Waals surface area contributed by atoms with Crippen LogP contribution in [0.2, 0.25) is 0 Å². The van der Waals surface area contributed by atoms with Gasteiger partial charge in [0.2, 0.25) is 6.29 Å². The molecule has 0 saturated heterocycles. The molecule has 3 saturated carbocycles. The molecule has 4 heteroatoms. The van der Waals surface area contributed by atoms with E-state index < -0.39 is 5.97 Å². The summed E-state index contributed by atoms with van der Waals surface area (Å²) in [5.41, 5.74) is 0.379. The van der Waals surface area contributed by atoms with Crippen LogP contribution in [0.25, 0.3) is 0 Å². The van der Waals surface area contributed by atoms with Gasteiger partial charge in [0.05, 0.1) is 6.10 Å². The number of ether oxygens (including phenoxy) is 3. The number of esters is 1. The smallest absolute Gasteiger partial charge is 0.338 e. The lowest BCUT2D eigenvalue weighted by Gasteiger charge is -2.35. The van der Waals surface area contributed by atoms with Crippen molar-refractivity contribution >= 4 is 5.97 Å². The van der Waals surface area contributed by atoms with Gasteiger partial charge in [0.1, 0.15) is 11.5 Å². The van der Waals surface area contributed by atoms with Crippen LogP contribution < -0.4 is 9.47 Å². The van der Waals surface area contributed by atoms with Gasteiger partial charge in [0.15, 0.2) is 0 Å². The SMILES string of the molecule is C=C(C)C(=O)Oc1ccc(OC(OC2CC3CC2C2CCCC32)C(C)C)cc1.CC.CCC. The average Bonchev–Trinajstić information content (AvgIpc) is 3.50. The minimum absolute atomic E-state index is 0.256. The summed E-state index contributed by atoms with van der Waals surface area (Å²) in [6, 6.07) is 7.14. The van der Waals surface area contributed by atoms with Crippen LogP contribution in [-0.2, 0) is 9.53 Å². The fraction of sp³-hybridized carbons (Fsp3) is 0.690. The summed E-state index contributed by atoms with van der Waals surface area (Å²) >= 11 is 0. The molecule has 0 heterocycles. The van der Waals surface area contributed by atoms with Crippen molar-refractivity contribution in [3.05, 3.63) is 36.4 Å². The molecule has 4 rings (SSSR count). The highest BCUT2D eigenvalue weighted by Crippen LogP contribution is 2.59. The maximum atomic E-state index is 11.6. The van der Waals surface area contributed by atoms with Gasteiger partial charge in [0.25, 0.3) is 0 Å². The van der Waals surface area contributed by atoms with E-state index in [4.69, 9.17) is 14.2 Å². The van der Waals surface area contributed by atoms with Gasteiger partial charge >= 0.3 is 5.97 Å². The summed E-state index contributed by atoms with van der Waals surface area (Å²) in [4.78, 5) is 11.6. The summed E-state index contributed by atoms with van der Waals surface area (Å²) in [6.07, 6.45) is 8.12. The molecule has 33 heavy (non-hydrogen) atoms. The van der Waals surface area contributed by atoms with Gasteiger partial charge < -0.3 is 14.2 Å². The largest absolute Gasteiger partial charge is 0.465 e. The van der Waals surface area contributed by atoms with Crippen molar-refractivity contribution in [1.82, 2.24) is 0 Å². The highest BCUT2D eigenvalue weighted by Gasteiger charge is 2.54. The van der Waals surface area contributed by atoms with E-state index in [0.29, 0.717) is 17.4 Å². The van der Waals surface area contributed by atoms with Crippen molar-refractivity contribution < 1.29 is 19.0 Å². The first-order valence-corrected chi connectivity index (χ1v) is 13.1. The van der Waals surface area contributed by atoms with E-state index >= 15 is 0 Å². The Balaban J connectivity index is 0.000000714. The monoisotopic (exact) mass is 458 g/mol. The first kappa shape index (κ1) is 27.4. The molecule has 3 aliphatic carbocycles. The topological polar surface area (TPSA) is 44.8 Å². The maximum absolute atomic E-state index is 11.6. The molecule has 0 aromatic heterocycles. The molecule has 0 radical (unpaired) electrons. The zero-order valence-electron chi connectivity index (χ0n) is 21.9. The van der Waals surface area contributed by atoms with Crippen molar-refractivity contribution in [3.63, 3.8) is 0 Å². The third-order valence-corrected chi connectivity index (χ3v) is 6.86. The highest BCUT2D eigenvalue weighted by atomic mass is 16.7. The third kappa shape index (κ3) is 7.09. The second-order valence-corrected chi connectivity index (χ2v) is 9.91. The van der Waals surface area contributed by atoms with E-state index in [1.807, 2.05) is 26.0 Å². The lowest BCUT2D eigenvalue weighted by atomic mass is 9.80. The van der Waals surface area contributed by atoms with Crippen molar-refractivity contribution in [2.24, 2.45) is 29.6 Å². The molecule has 0 aliphatic heterocycles. The molecule has 6 atom stereocenters. The number of carbonyl (C=O) groups excluding carboxylic acids is 1. The van der Waals surface area contributed by atoms with Crippen molar-refractivity contribution in [3.8, 4) is 11.5 Å². The minimum Gasteiger partial charge on any atom is -0.465 e. The van der Waals surface area contributed by atoms with Crippen LogP contribution in [0.4, 0.5) is 0 Å². The molecule has 1 aromatic rings. The molecule has 6 unspecified atom stereocenters. The van der Waals surface area contributed by atoms with Gasteiger partial charge in [-0.25, -0.2) is 4.79 Å². The Morgan fingerprint density at radius 3 is 2.15 bits per heavy atom. The number of rotatable bonds is 7. The normalized spacial score (nSPS) is 27.6. The Morgan fingerprint density at radius 1 is 1.00 bits per heavy atom. The Morgan fingerprint density at radius 2 is 1.58 bits per heavy atom. The van der Waals surface area contributed by atoms with Gasteiger partial charge in [-0.15, -0.1) is 0 Å². The predicted molar refractivity (Wildman–Crippen MR) is 135 cm³/mol. The molecular weight excluding hydrogens is 412 g/mol. The lowest BCUT2D eigenvalue weighted by molar-refractivity contribution is -0.162. The second kappa shape index (κ2) is 13.2. The van der Waals surface area contributed by atoms with Gasteiger partial charge in [0, 0.05) is 11.5 Å². The minimum atomic E-state index is -0.418. The first-order chi connectivity index (χ1) is 15.8. The van der Waals surface area contributed by atoms with E-state index in [1.165, 1.54) is 38.5 Å². The van der Waals surface area contributed by atoms with Crippen molar-refractivity contribution in [1.29, 1.82) is 0 Å². The summed E-state index contributed by atoms with van der Waals surface area (Å²) in [5, 5.41) is 0. The summed E-state index contributed by atoms with van der Waals surface area (Å²) in [5.74, 6) is 4.52. The van der Waals surface area contributed by atoms with Gasteiger partial charge in [-0.1, -0.05) is 61.0 Å². The molecule has 4 nitrogen and oxygen atoms in total. The summed E-state index contributed by atoms with van der Waals surface area (Å²) in [6.45, 7) is 17.8. The third-order valence-electron chi connectivity index (χ3n) is 6.86. The number of fused-ring (bicyclic) bond motifs is 5. The second-order valence-electron chi connectivity index (χ2n) is 9.91. The Kier molecular flexibility index (Phi) is 11.0. The van der Waals surface area contributed by atoms with Crippen molar-refractivity contribution in [2.75, 3.05) is 0 Å². The van der Waals surface area contributed by atoms with E-state index in [2.05, 4.69) is 34.3 Å². The average molecular weight is 459 g/mol. The Labute approximate surface area is 202 Å². The van der Waals surface area contributed by atoms with Crippen LogP contribution in [0.15, 0.2) is 36.4 Å². The molecule has 186 valence electrons. The number of hydrogen-bond donors (Lipinski definition) is 0. The fourth-order valence-electron chi connectivity index (χ4n) is 5.57. The molecular formula is C29H46O4. The van der Waals surface area contributed by atoms with Crippen LogP contribution >= 0.6 is 0 Å². The Bertz CT molecular complexity index is 738. The first-order valence-electron chi connectivity index (χ1n) is 13.1.